The molecule has 1 atom stereocenters. The molecule has 1 unspecified atom stereocenters. The van der Waals surface area contributed by atoms with Gasteiger partial charge in [0.15, 0.2) is 0 Å². The summed E-state index contributed by atoms with van der Waals surface area (Å²) in [4.78, 5) is 17.3. The second-order valence-corrected chi connectivity index (χ2v) is 6.38. The lowest BCUT2D eigenvalue weighted by atomic mass is 9.96. The Morgan fingerprint density at radius 3 is 2.50 bits per heavy atom. The van der Waals surface area contributed by atoms with E-state index in [2.05, 4.69) is 19.9 Å². The number of hydrogen-bond acceptors (Lipinski definition) is 5. The Bertz CT molecular complexity index is 473. The second-order valence-electron chi connectivity index (χ2n) is 6.05. The third kappa shape index (κ3) is 2.68. The summed E-state index contributed by atoms with van der Waals surface area (Å²) in [7, 11) is 3.85. The van der Waals surface area contributed by atoms with E-state index in [9.17, 15) is 0 Å². The van der Waals surface area contributed by atoms with E-state index in [0.29, 0.717) is 12.0 Å². The lowest BCUT2D eigenvalue weighted by Crippen LogP contribution is -2.36. The van der Waals surface area contributed by atoms with E-state index in [-0.39, 0.29) is 5.28 Å². The maximum absolute atomic E-state index is 6.06. The first-order valence-electron chi connectivity index (χ1n) is 7.50. The summed E-state index contributed by atoms with van der Waals surface area (Å²) in [6, 6.07) is 0.589. The van der Waals surface area contributed by atoms with Gasteiger partial charge in [-0.3, -0.25) is 0 Å². The third-order valence-corrected chi connectivity index (χ3v) is 4.65. The van der Waals surface area contributed by atoms with Gasteiger partial charge in [-0.2, -0.15) is 15.0 Å². The fourth-order valence-electron chi connectivity index (χ4n) is 3.53. The van der Waals surface area contributed by atoms with Gasteiger partial charge in [-0.05, 0) is 43.2 Å². The summed E-state index contributed by atoms with van der Waals surface area (Å²) < 4.78 is 0. The average Bonchev–Trinajstić information content (AvgIpc) is 3.08. The van der Waals surface area contributed by atoms with Crippen LogP contribution >= 0.6 is 11.6 Å². The Kier molecular flexibility index (Phi) is 3.96. The Hall–Kier alpha value is -1.10. The van der Waals surface area contributed by atoms with E-state index >= 15 is 0 Å². The van der Waals surface area contributed by atoms with Gasteiger partial charge in [0.05, 0.1) is 0 Å². The Morgan fingerprint density at radius 1 is 1.05 bits per heavy atom. The number of nitrogens with zero attached hydrogens (tertiary/aromatic N) is 5. The van der Waals surface area contributed by atoms with Gasteiger partial charge in [0.2, 0.25) is 17.2 Å². The van der Waals surface area contributed by atoms with Gasteiger partial charge in [0, 0.05) is 26.7 Å². The maximum Gasteiger partial charge on any atom is 0.231 e. The largest absolute Gasteiger partial charge is 0.347 e. The second kappa shape index (κ2) is 5.72. The Morgan fingerprint density at radius 2 is 1.80 bits per heavy atom. The van der Waals surface area contributed by atoms with Crippen LogP contribution in [0.15, 0.2) is 0 Å². The first kappa shape index (κ1) is 13.9. The smallest absolute Gasteiger partial charge is 0.231 e. The van der Waals surface area contributed by atoms with E-state index < -0.39 is 0 Å². The van der Waals surface area contributed by atoms with Crippen LogP contribution in [0.1, 0.15) is 38.5 Å². The van der Waals surface area contributed by atoms with Crippen LogP contribution in [0.2, 0.25) is 5.28 Å². The fraction of sp³-hybridized carbons (Fsp3) is 0.786. The summed E-state index contributed by atoms with van der Waals surface area (Å²) in [5.74, 6) is 2.19. The Balaban J connectivity index is 1.87. The number of aromatic nitrogens is 3. The minimum Gasteiger partial charge on any atom is -0.347 e. The molecule has 0 bridgehead atoms. The molecule has 1 aromatic heterocycles. The topological polar surface area (TPSA) is 45.2 Å². The first-order valence-corrected chi connectivity index (χ1v) is 7.88. The molecule has 0 spiro atoms. The van der Waals surface area contributed by atoms with Crippen LogP contribution in [-0.4, -0.2) is 41.6 Å². The lowest BCUT2D eigenvalue weighted by Gasteiger charge is -2.29. The van der Waals surface area contributed by atoms with Crippen molar-refractivity contribution in [3.05, 3.63) is 5.28 Å². The summed E-state index contributed by atoms with van der Waals surface area (Å²) in [5, 5.41) is 0.288. The monoisotopic (exact) mass is 295 g/mol. The van der Waals surface area contributed by atoms with E-state index in [1.807, 2.05) is 19.0 Å². The molecule has 20 heavy (non-hydrogen) atoms. The molecular weight excluding hydrogens is 274 g/mol. The zero-order chi connectivity index (χ0) is 14.1. The highest BCUT2D eigenvalue weighted by Gasteiger charge is 2.35. The average molecular weight is 296 g/mol. The van der Waals surface area contributed by atoms with Crippen LogP contribution in [0.5, 0.6) is 0 Å². The molecule has 2 aliphatic rings. The molecule has 1 aliphatic heterocycles. The van der Waals surface area contributed by atoms with Gasteiger partial charge >= 0.3 is 0 Å². The van der Waals surface area contributed by atoms with Crippen molar-refractivity contribution >= 4 is 23.5 Å². The summed E-state index contributed by atoms with van der Waals surface area (Å²) in [6.45, 7) is 1.04. The highest BCUT2D eigenvalue weighted by atomic mass is 35.5. The van der Waals surface area contributed by atoms with Crippen molar-refractivity contribution in [3.63, 3.8) is 0 Å². The molecule has 1 saturated heterocycles. The molecule has 6 heteroatoms. The summed E-state index contributed by atoms with van der Waals surface area (Å²) in [5.41, 5.74) is 0. The maximum atomic E-state index is 6.06. The number of anilines is 2. The molecule has 3 rings (SSSR count). The van der Waals surface area contributed by atoms with E-state index in [1.165, 1.54) is 38.5 Å². The van der Waals surface area contributed by atoms with Crippen LogP contribution in [0.4, 0.5) is 11.9 Å². The van der Waals surface area contributed by atoms with Gasteiger partial charge in [-0.15, -0.1) is 0 Å². The van der Waals surface area contributed by atoms with Crippen LogP contribution in [0.25, 0.3) is 0 Å². The molecule has 0 aromatic carbocycles. The predicted molar refractivity (Wildman–Crippen MR) is 81.5 cm³/mol. The van der Waals surface area contributed by atoms with Gasteiger partial charge in [-0.1, -0.05) is 12.8 Å². The van der Waals surface area contributed by atoms with Crippen molar-refractivity contribution in [1.29, 1.82) is 0 Å². The van der Waals surface area contributed by atoms with Crippen molar-refractivity contribution < 1.29 is 0 Å². The molecule has 110 valence electrons. The van der Waals surface area contributed by atoms with Gasteiger partial charge in [0.1, 0.15) is 0 Å². The fourth-order valence-corrected chi connectivity index (χ4v) is 3.68. The molecule has 0 radical (unpaired) electrons. The van der Waals surface area contributed by atoms with E-state index in [1.54, 1.807) is 0 Å². The van der Waals surface area contributed by atoms with Crippen molar-refractivity contribution in [3.8, 4) is 0 Å². The highest BCUT2D eigenvalue weighted by molar-refractivity contribution is 6.28. The van der Waals surface area contributed by atoms with Crippen molar-refractivity contribution in [2.75, 3.05) is 30.4 Å². The SMILES string of the molecule is CN(C)c1nc(Cl)nc(N2CCCC2C2CCCC2)n1. The predicted octanol–water partition coefficient (Wildman–Crippen LogP) is 2.75. The van der Waals surface area contributed by atoms with Crippen LogP contribution in [0.3, 0.4) is 0 Å². The van der Waals surface area contributed by atoms with E-state index in [4.69, 9.17) is 11.6 Å². The normalized spacial score (nSPS) is 23.6. The standard InChI is InChI=1S/C14H22ClN5/c1-19(2)13-16-12(15)17-14(18-13)20-9-5-8-11(20)10-6-3-4-7-10/h10-11H,3-9H2,1-2H3. The quantitative estimate of drug-likeness (QED) is 0.858. The van der Waals surface area contributed by atoms with Gasteiger partial charge in [-0.25, -0.2) is 0 Å². The number of rotatable bonds is 3. The first-order chi connectivity index (χ1) is 9.65. The Labute approximate surface area is 125 Å². The molecule has 1 saturated carbocycles. The summed E-state index contributed by atoms with van der Waals surface area (Å²) >= 11 is 6.06. The van der Waals surface area contributed by atoms with Crippen molar-refractivity contribution in [2.24, 2.45) is 5.92 Å². The summed E-state index contributed by atoms with van der Waals surface area (Å²) in [6.07, 6.45) is 7.92. The minimum atomic E-state index is 0.288. The zero-order valence-corrected chi connectivity index (χ0v) is 13.0. The van der Waals surface area contributed by atoms with Crippen LogP contribution in [-0.2, 0) is 0 Å². The van der Waals surface area contributed by atoms with Crippen molar-refractivity contribution in [1.82, 2.24) is 15.0 Å². The molecule has 1 aromatic rings. The van der Waals surface area contributed by atoms with Gasteiger partial charge < -0.3 is 9.80 Å². The minimum absolute atomic E-state index is 0.288. The molecule has 2 heterocycles. The number of hydrogen-bond donors (Lipinski definition) is 0. The molecule has 0 amide bonds. The molecular formula is C14H22ClN5. The zero-order valence-electron chi connectivity index (χ0n) is 12.2. The van der Waals surface area contributed by atoms with Crippen molar-refractivity contribution in [2.45, 2.75) is 44.6 Å². The van der Waals surface area contributed by atoms with Crippen LogP contribution < -0.4 is 9.80 Å². The molecule has 1 aliphatic carbocycles. The highest BCUT2D eigenvalue weighted by Crippen LogP contribution is 2.37. The molecule has 5 nitrogen and oxygen atoms in total. The van der Waals surface area contributed by atoms with Gasteiger partial charge in [0.25, 0.3) is 0 Å². The molecule has 0 N–H and O–H groups in total. The third-order valence-electron chi connectivity index (χ3n) is 4.48. The van der Waals surface area contributed by atoms with Crippen LogP contribution in [0, 0.1) is 5.92 Å². The number of halogens is 1. The molecule has 2 fully saturated rings. The lowest BCUT2D eigenvalue weighted by molar-refractivity contribution is 0.427. The van der Waals surface area contributed by atoms with E-state index in [0.717, 1.165) is 18.4 Å².